The number of anilines is 1. The van der Waals surface area contributed by atoms with E-state index in [0.717, 1.165) is 23.5 Å². The molecule has 3 rings (SSSR count). The Kier molecular flexibility index (Phi) is 4.84. The van der Waals surface area contributed by atoms with E-state index in [0.29, 0.717) is 17.0 Å². The Morgan fingerprint density at radius 3 is 2.56 bits per heavy atom. The molecule has 1 aromatic heterocycles. The fraction of sp³-hybridized carbons (Fsp3) is 0.200. The molecule has 0 saturated heterocycles. The van der Waals surface area contributed by atoms with Crippen LogP contribution in [0.25, 0.3) is 0 Å². The second-order valence-corrected chi connectivity index (χ2v) is 5.96. The molecule has 0 saturated carbocycles. The fourth-order valence-electron chi connectivity index (χ4n) is 2.64. The van der Waals surface area contributed by atoms with Crippen molar-refractivity contribution in [3.63, 3.8) is 0 Å². The highest BCUT2D eigenvalue weighted by Crippen LogP contribution is 2.25. The maximum Gasteiger partial charge on any atom is 0.255 e. The lowest BCUT2D eigenvalue weighted by molar-refractivity contribution is 0.102. The third-order valence-corrected chi connectivity index (χ3v) is 4.10. The van der Waals surface area contributed by atoms with Crippen molar-refractivity contribution in [1.82, 2.24) is 9.55 Å². The molecule has 3 aromatic rings. The van der Waals surface area contributed by atoms with Crippen LogP contribution in [0.5, 0.6) is 5.75 Å². The standard InChI is InChI=1S/C20H21N3O2/c1-14-4-9-19(25-3)18(12-14)22-20(24)17-7-5-16(6-8-17)13-23-11-10-21-15(23)2/h4-12H,13H2,1-3H3,(H,22,24). The molecule has 25 heavy (non-hydrogen) atoms. The summed E-state index contributed by atoms with van der Waals surface area (Å²) in [5.74, 6) is 1.45. The van der Waals surface area contributed by atoms with E-state index in [1.807, 2.05) is 62.5 Å². The van der Waals surface area contributed by atoms with Crippen molar-refractivity contribution in [3.8, 4) is 5.75 Å². The summed E-state index contributed by atoms with van der Waals surface area (Å²) in [4.78, 5) is 16.7. The van der Waals surface area contributed by atoms with Crippen LogP contribution < -0.4 is 10.1 Å². The minimum atomic E-state index is -0.158. The van der Waals surface area contributed by atoms with Gasteiger partial charge in [-0.05, 0) is 49.2 Å². The number of carbonyl (C=O) groups excluding carboxylic acids is 1. The number of hydrogen-bond donors (Lipinski definition) is 1. The maximum absolute atomic E-state index is 12.5. The van der Waals surface area contributed by atoms with E-state index in [1.165, 1.54) is 0 Å². The zero-order valence-corrected chi connectivity index (χ0v) is 14.6. The summed E-state index contributed by atoms with van der Waals surface area (Å²) in [5, 5.41) is 2.91. The van der Waals surface area contributed by atoms with Gasteiger partial charge in [0, 0.05) is 24.5 Å². The first-order valence-electron chi connectivity index (χ1n) is 8.09. The van der Waals surface area contributed by atoms with Gasteiger partial charge in [0.05, 0.1) is 12.8 Å². The largest absolute Gasteiger partial charge is 0.495 e. The lowest BCUT2D eigenvalue weighted by Crippen LogP contribution is -2.13. The number of nitrogens with one attached hydrogen (secondary N) is 1. The van der Waals surface area contributed by atoms with E-state index in [1.54, 1.807) is 13.3 Å². The van der Waals surface area contributed by atoms with Gasteiger partial charge in [-0.15, -0.1) is 0 Å². The van der Waals surface area contributed by atoms with Crippen LogP contribution in [0, 0.1) is 13.8 Å². The average Bonchev–Trinajstić information content (AvgIpc) is 3.00. The van der Waals surface area contributed by atoms with Crippen molar-refractivity contribution in [2.24, 2.45) is 0 Å². The molecular weight excluding hydrogens is 314 g/mol. The zero-order valence-electron chi connectivity index (χ0n) is 14.6. The highest BCUT2D eigenvalue weighted by Gasteiger charge is 2.10. The predicted octanol–water partition coefficient (Wildman–Crippen LogP) is 3.81. The monoisotopic (exact) mass is 335 g/mol. The Hall–Kier alpha value is -3.08. The van der Waals surface area contributed by atoms with Crippen LogP contribution in [0.3, 0.4) is 0 Å². The number of benzene rings is 2. The number of aryl methyl sites for hydroxylation is 2. The molecule has 0 spiro atoms. The first-order valence-corrected chi connectivity index (χ1v) is 8.09. The van der Waals surface area contributed by atoms with Gasteiger partial charge in [-0.25, -0.2) is 4.98 Å². The molecule has 0 bridgehead atoms. The van der Waals surface area contributed by atoms with Gasteiger partial charge in [0.25, 0.3) is 5.91 Å². The molecule has 0 atom stereocenters. The first kappa shape index (κ1) is 16.8. The number of amides is 1. The molecule has 1 N–H and O–H groups in total. The van der Waals surface area contributed by atoms with Crippen LogP contribution in [0.4, 0.5) is 5.69 Å². The first-order chi connectivity index (χ1) is 12.1. The SMILES string of the molecule is COc1ccc(C)cc1NC(=O)c1ccc(Cn2ccnc2C)cc1. The molecule has 128 valence electrons. The van der Waals surface area contributed by atoms with E-state index in [-0.39, 0.29) is 5.91 Å². The molecular formula is C20H21N3O2. The van der Waals surface area contributed by atoms with Crippen LogP contribution in [0.1, 0.15) is 27.3 Å². The lowest BCUT2D eigenvalue weighted by atomic mass is 10.1. The van der Waals surface area contributed by atoms with Gasteiger partial charge in [-0.2, -0.15) is 0 Å². The summed E-state index contributed by atoms with van der Waals surface area (Å²) in [5.41, 5.74) is 3.45. The van der Waals surface area contributed by atoms with Gasteiger partial charge in [0.15, 0.2) is 0 Å². The molecule has 0 fully saturated rings. The summed E-state index contributed by atoms with van der Waals surface area (Å²) in [6.45, 7) is 4.68. The average molecular weight is 335 g/mol. The topological polar surface area (TPSA) is 56.1 Å². The summed E-state index contributed by atoms with van der Waals surface area (Å²) in [7, 11) is 1.59. The quantitative estimate of drug-likeness (QED) is 0.771. The van der Waals surface area contributed by atoms with Crippen LogP contribution in [-0.2, 0) is 6.54 Å². The van der Waals surface area contributed by atoms with Gasteiger partial charge in [-0.1, -0.05) is 18.2 Å². The Morgan fingerprint density at radius 1 is 1.16 bits per heavy atom. The van der Waals surface area contributed by atoms with Crippen LogP contribution >= 0.6 is 0 Å². The number of nitrogens with zero attached hydrogens (tertiary/aromatic N) is 2. The van der Waals surface area contributed by atoms with Gasteiger partial charge in [0.2, 0.25) is 0 Å². The molecule has 1 amide bonds. The van der Waals surface area contributed by atoms with Gasteiger partial charge in [0.1, 0.15) is 11.6 Å². The van der Waals surface area contributed by atoms with Crippen molar-refractivity contribution < 1.29 is 9.53 Å². The number of carbonyl (C=O) groups is 1. The summed E-state index contributed by atoms with van der Waals surface area (Å²) < 4.78 is 7.36. The number of hydrogen-bond acceptors (Lipinski definition) is 3. The van der Waals surface area contributed by atoms with Crippen LogP contribution in [0.15, 0.2) is 54.9 Å². The second-order valence-electron chi connectivity index (χ2n) is 5.96. The molecule has 0 unspecified atom stereocenters. The Bertz CT molecular complexity index is 882. The number of rotatable bonds is 5. The fourth-order valence-corrected chi connectivity index (χ4v) is 2.64. The van der Waals surface area contributed by atoms with Crippen LogP contribution in [-0.4, -0.2) is 22.6 Å². The van der Waals surface area contributed by atoms with E-state index in [4.69, 9.17) is 4.74 Å². The number of methoxy groups -OCH3 is 1. The van der Waals surface area contributed by atoms with Crippen molar-refractivity contribution in [3.05, 3.63) is 77.4 Å². The Morgan fingerprint density at radius 2 is 1.92 bits per heavy atom. The normalized spacial score (nSPS) is 10.5. The molecule has 1 heterocycles. The number of ether oxygens (including phenoxy) is 1. The summed E-state index contributed by atoms with van der Waals surface area (Å²) >= 11 is 0. The zero-order chi connectivity index (χ0) is 17.8. The predicted molar refractivity (Wildman–Crippen MR) is 98.2 cm³/mol. The van der Waals surface area contributed by atoms with Crippen molar-refractivity contribution in [2.45, 2.75) is 20.4 Å². The Balaban J connectivity index is 1.73. The molecule has 0 aliphatic rings. The van der Waals surface area contributed by atoms with Gasteiger partial charge in [-0.3, -0.25) is 4.79 Å². The van der Waals surface area contributed by atoms with Crippen molar-refractivity contribution in [1.29, 1.82) is 0 Å². The highest BCUT2D eigenvalue weighted by atomic mass is 16.5. The minimum absolute atomic E-state index is 0.158. The number of aromatic nitrogens is 2. The second kappa shape index (κ2) is 7.21. The molecule has 0 aliphatic carbocycles. The van der Waals surface area contributed by atoms with Crippen molar-refractivity contribution >= 4 is 11.6 Å². The van der Waals surface area contributed by atoms with Crippen LogP contribution in [0.2, 0.25) is 0 Å². The van der Waals surface area contributed by atoms with Gasteiger partial charge < -0.3 is 14.6 Å². The van der Waals surface area contributed by atoms with E-state index in [9.17, 15) is 4.79 Å². The van der Waals surface area contributed by atoms with E-state index in [2.05, 4.69) is 14.9 Å². The highest BCUT2D eigenvalue weighted by molar-refractivity contribution is 6.05. The number of imidazole rings is 1. The van der Waals surface area contributed by atoms with E-state index >= 15 is 0 Å². The lowest BCUT2D eigenvalue weighted by Gasteiger charge is -2.11. The molecule has 2 aromatic carbocycles. The van der Waals surface area contributed by atoms with E-state index < -0.39 is 0 Å². The third kappa shape index (κ3) is 3.88. The smallest absolute Gasteiger partial charge is 0.255 e. The van der Waals surface area contributed by atoms with Gasteiger partial charge >= 0.3 is 0 Å². The summed E-state index contributed by atoms with van der Waals surface area (Å²) in [6.07, 6.45) is 3.73. The molecule has 0 radical (unpaired) electrons. The third-order valence-electron chi connectivity index (χ3n) is 4.10. The molecule has 5 nitrogen and oxygen atoms in total. The summed E-state index contributed by atoms with van der Waals surface area (Å²) in [6, 6.07) is 13.3. The molecule has 5 heteroatoms. The molecule has 0 aliphatic heterocycles. The maximum atomic E-state index is 12.5. The van der Waals surface area contributed by atoms with Crippen molar-refractivity contribution in [2.75, 3.05) is 12.4 Å². The minimum Gasteiger partial charge on any atom is -0.495 e. The Labute approximate surface area is 147 Å².